The van der Waals surface area contributed by atoms with Gasteiger partial charge in [0, 0.05) is 18.5 Å². The number of nitrogens with zero attached hydrogens (tertiary/aromatic N) is 2. The van der Waals surface area contributed by atoms with Gasteiger partial charge in [-0.3, -0.25) is 0 Å². The van der Waals surface area contributed by atoms with Gasteiger partial charge in [-0.1, -0.05) is 61.5 Å². The Morgan fingerprint density at radius 3 is 2.42 bits per heavy atom. The van der Waals surface area contributed by atoms with Crippen LogP contribution < -0.4 is 4.74 Å². The van der Waals surface area contributed by atoms with Gasteiger partial charge in [0.25, 0.3) is 0 Å². The molecular formula is C28H30N2O3. The lowest BCUT2D eigenvalue weighted by Gasteiger charge is -2.18. The minimum absolute atomic E-state index is 0.308. The maximum Gasteiger partial charge on any atom is 0.352 e. The second-order valence-corrected chi connectivity index (χ2v) is 8.11. The van der Waals surface area contributed by atoms with E-state index in [0.29, 0.717) is 12.4 Å². The third kappa shape index (κ3) is 5.08. The highest BCUT2D eigenvalue weighted by Gasteiger charge is 2.24. The minimum Gasteiger partial charge on any atom is -0.474 e. The van der Waals surface area contributed by atoms with Crippen LogP contribution in [0.1, 0.15) is 48.9 Å². The van der Waals surface area contributed by atoms with Crippen molar-refractivity contribution in [3.8, 4) is 5.75 Å². The van der Waals surface area contributed by atoms with Crippen LogP contribution in [-0.4, -0.2) is 22.1 Å². The van der Waals surface area contributed by atoms with Gasteiger partial charge in [0.1, 0.15) is 11.6 Å². The fourth-order valence-electron chi connectivity index (χ4n) is 4.02. The monoisotopic (exact) mass is 442 g/mol. The Morgan fingerprint density at radius 2 is 1.73 bits per heavy atom. The molecule has 1 aromatic heterocycles. The second kappa shape index (κ2) is 10.3. The molecule has 5 nitrogen and oxygen atoms in total. The number of carbonyl (C=O) groups excluding carboxylic acids is 1. The Labute approximate surface area is 195 Å². The molecule has 3 aromatic carbocycles. The largest absolute Gasteiger partial charge is 0.474 e. The third-order valence-electron chi connectivity index (χ3n) is 5.65. The average molecular weight is 443 g/mol. The molecule has 0 bridgehead atoms. The Kier molecular flexibility index (Phi) is 7.08. The summed E-state index contributed by atoms with van der Waals surface area (Å²) in [5, 5.41) is 0. The number of esters is 1. The summed E-state index contributed by atoms with van der Waals surface area (Å²) < 4.78 is 13.6. The number of hydrogen-bond donors (Lipinski definition) is 0. The van der Waals surface area contributed by atoms with Crippen molar-refractivity contribution in [3.63, 3.8) is 0 Å². The molecule has 4 rings (SSSR count). The SMILES string of the molecule is CCCc1nc2c(C)cccc2n1Cc1ccc(OC(C(=O)OCC)c2ccccc2)cc1. The van der Waals surface area contributed by atoms with Crippen LogP contribution in [0.3, 0.4) is 0 Å². The summed E-state index contributed by atoms with van der Waals surface area (Å²) in [6, 6.07) is 23.7. The van der Waals surface area contributed by atoms with E-state index in [2.05, 4.69) is 36.6 Å². The van der Waals surface area contributed by atoms with E-state index in [4.69, 9.17) is 14.5 Å². The van der Waals surface area contributed by atoms with Crippen molar-refractivity contribution < 1.29 is 14.3 Å². The molecular weight excluding hydrogens is 412 g/mol. The smallest absolute Gasteiger partial charge is 0.352 e. The fourth-order valence-corrected chi connectivity index (χ4v) is 4.02. The van der Waals surface area contributed by atoms with Crippen molar-refractivity contribution in [3.05, 3.63) is 95.3 Å². The molecule has 1 heterocycles. The number of carbonyl (C=O) groups is 1. The average Bonchev–Trinajstić information content (AvgIpc) is 3.18. The Morgan fingerprint density at radius 1 is 0.970 bits per heavy atom. The molecule has 0 fully saturated rings. The normalized spacial score (nSPS) is 12.0. The fraction of sp³-hybridized carbons (Fsp3) is 0.286. The lowest BCUT2D eigenvalue weighted by Crippen LogP contribution is -2.21. The number of fused-ring (bicyclic) bond motifs is 1. The van der Waals surface area contributed by atoms with Gasteiger partial charge in [0.2, 0.25) is 6.10 Å². The Bertz CT molecular complexity index is 1210. The zero-order valence-electron chi connectivity index (χ0n) is 19.5. The van der Waals surface area contributed by atoms with Gasteiger partial charge < -0.3 is 14.0 Å². The first kappa shape index (κ1) is 22.6. The molecule has 0 saturated carbocycles. The summed E-state index contributed by atoms with van der Waals surface area (Å²) in [6.07, 6.45) is 1.19. The van der Waals surface area contributed by atoms with Crippen molar-refractivity contribution in [1.82, 2.24) is 9.55 Å². The Balaban J connectivity index is 1.57. The highest BCUT2D eigenvalue weighted by Crippen LogP contribution is 2.26. The molecule has 4 aromatic rings. The molecule has 0 aliphatic heterocycles. The van der Waals surface area contributed by atoms with Crippen LogP contribution in [-0.2, 0) is 22.5 Å². The number of aryl methyl sites for hydroxylation is 2. The topological polar surface area (TPSA) is 53.4 Å². The van der Waals surface area contributed by atoms with E-state index in [1.807, 2.05) is 54.6 Å². The minimum atomic E-state index is -0.797. The number of imidazole rings is 1. The van der Waals surface area contributed by atoms with Crippen molar-refractivity contribution in [2.24, 2.45) is 0 Å². The first-order valence-corrected chi connectivity index (χ1v) is 11.5. The van der Waals surface area contributed by atoms with Crippen LogP contribution in [0, 0.1) is 6.92 Å². The second-order valence-electron chi connectivity index (χ2n) is 8.11. The van der Waals surface area contributed by atoms with Crippen molar-refractivity contribution in [2.75, 3.05) is 6.61 Å². The van der Waals surface area contributed by atoms with Gasteiger partial charge >= 0.3 is 5.97 Å². The van der Waals surface area contributed by atoms with E-state index in [9.17, 15) is 4.79 Å². The van der Waals surface area contributed by atoms with Gasteiger partial charge in [-0.05, 0) is 49.6 Å². The number of ether oxygens (including phenoxy) is 2. The third-order valence-corrected chi connectivity index (χ3v) is 5.65. The highest BCUT2D eigenvalue weighted by molar-refractivity contribution is 5.79. The highest BCUT2D eigenvalue weighted by atomic mass is 16.6. The van der Waals surface area contributed by atoms with Crippen LogP contribution in [0.2, 0.25) is 0 Å². The molecule has 5 heteroatoms. The summed E-state index contributed by atoms with van der Waals surface area (Å²) in [5.74, 6) is 1.34. The summed E-state index contributed by atoms with van der Waals surface area (Å²) in [7, 11) is 0. The van der Waals surface area contributed by atoms with Crippen molar-refractivity contribution in [2.45, 2.75) is 46.3 Å². The predicted octanol–water partition coefficient (Wildman–Crippen LogP) is 6.03. The van der Waals surface area contributed by atoms with Crippen molar-refractivity contribution >= 4 is 17.0 Å². The van der Waals surface area contributed by atoms with E-state index in [1.54, 1.807) is 6.92 Å². The van der Waals surface area contributed by atoms with Gasteiger partial charge in [-0.2, -0.15) is 0 Å². The van der Waals surface area contributed by atoms with Crippen molar-refractivity contribution in [1.29, 1.82) is 0 Å². The zero-order valence-corrected chi connectivity index (χ0v) is 19.5. The Hall–Kier alpha value is -3.60. The van der Waals surface area contributed by atoms with Crippen LogP contribution >= 0.6 is 0 Å². The predicted molar refractivity (Wildman–Crippen MR) is 130 cm³/mol. The molecule has 0 amide bonds. The quantitative estimate of drug-likeness (QED) is 0.297. The molecule has 0 aliphatic rings. The maximum absolute atomic E-state index is 12.5. The van der Waals surface area contributed by atoms with Crippen LogP contribution in [0.15, 0.2) is 72.8 Å². The van der Waals surface area contributed by atoms with Crippen LogP contribution in [0.4, 0.5) is 0 Å². The zero-order chi connectivity index (χ0) is 23.2. The maximum atomic E-state index is 12.5. The van der Waals surface area contributed by atoms with Crippen LogP contribution in [0.5, 0.6) is 5.75 Å². The molecule has 0 aliphatic carbocycles. The van der Waals surface area contributed by atoms with Crippen LogP contribution in [0.25, 0.3) is 11.0 Å². The summed E-state index contributed by atoms with van der Waals surface area (Å²) in [6.45, 7) is 7.12. The van der Waals surface area contributed by atoms with E-state index in [0.717, 1.165) is 47.4 Å². The molecule has 170 valence electrons. The number of hydrogen-bond acceptors (Lipinski definition) is 4. The lowest BCUT2D eigenvalue weighted by molar-refractivity contribution is -0.151. The molecule has 0 spiro atoms. The van der Waals surface area contributed by atoms with E-state index in [1.165, 1.54) is 5.56 Å². The van der Waals surface area contributed by atoms with E-state index in [-0.39, 0.29) is 0 Å². The van der Waals surface area contributed by atoms with Gasteiger partial charge in [0.05, 0.1) is 17.6 Å². The van der Waals surface area contributed by atoms with E-state index < -0.39 is 12.1 Å². The number of rotatable bonds is 9. The molecule has 1 atom stereocenters. The first-order chi connectivity index (χ1) is 16.1. The number of benzene rings is 3. The molecule has 0 radical (unpaired) electrons. The number of aromatic nitrogens is 2. The molecule has 0 saturated heterocycles. The number of para-hydroxylation sites is 1. The summed E-state index contributed by atoms with van der Waals surface area (Å²) in [4.78, 5) is 17.4. The standard InChI is InChI=1S/C28H30N2O3/c1-4-10-25-29-26-20(3)11-9-14-24(26)30(25)19-21-15-17-23(18-16-21)33-27(28(31)32-5-2)22-12-7-6-8-13-22/h6-9,11-18,27H,4-5,10,19H2,1-3H3. The molecule has 33 heavy (non-hydrogen) atoms. The molecule has 1 unspecified atom stereocenters. The van der Waals surface area contributed by atoms with Gasteiger partial charge in [0.15, 0.2) is 0 Å². The lowest BCUT2D eigenvalue weighted by atomic mass is 10.1. The van der Waals surface area contributed by atoms with Gasteiger partial charge in [-0.15, -0.1) is 0 Å². The summed E-state index contributed by atoms with van der Waals surface area (Å²) in [5.41, 5.74) is 5.34. The first-order valence-electron chi connectivity index (χ1n) is 11.5. The summed E-state index contributed by atoms with van der Waals surface area (Å²) >= 11 is 0. The van der Waals surface area contributed by atoms with E-state index >= 15 is 0 Å². The van der Waals surface area contributed by atoms with Gasteiger partial charge in [-0.25, -0.2) is 9.78 Å². The molecule has 0 N–H and O–H groups in total.